The van der Waals surface area contributed by atoms with Crippen molar-refractivity contribution < 1.29 is 0 Å². The van der Waals surface area contributed by atoms with Crippen molar-refractivity contribution >= 4 is 11.3 Å². The van der Waals surface area contributed by atoms with E-state index in [-0.39, 0.29) is 5.54 Å². The molecular weight excluding hydrogens is 276 g/mol. The lowest BCUT2D eigenvalue weighted by atomic mass is 9.91. The Morgan fingerprint density at radius 1 is 1.14 bits per heavy atom. The molecule has 1 heterocycles. The molecular formula is C18H24N2S. The van der Waals surface area contributed by atoms with E-state index in [0.29, 0.717) is 12.6 Å². The molecule has 0 fully saturated rings. The summed E-state index contributed by atoms with van der Waals surface area (Å²) in [7, 11) is 0. The van der Waals surface area contributed by atoms with Gasteiger partial charge < -0.3 is 5.73 Å². The molecule has 0 amide bonds. The first-order valence-corrected chi connectivity index (χ1v) is 8.58. The highest BCUT2D eigenvalue weighted by molar-refractivity contribution is 7.09. The lowest BCUT2D eigenvalue weighted by molar-refractivity contribution is 0.0614. The van der Waals surface area contributed by atoms with Gasteiger partial charge in [0.15, 0.2) is 0 Å². The third-order valence-corrected chi connectivity index (χ3v) is 5.54. The fourth-order valence-electron chi connectivity index (χ4n) is 3.61. The number of nitrogens with two attached hydrogens (primary N) is 1. The van der Waals surface area contributed by atoms with E-state index in [1.807, 2.05) is 11.3 Å². The van der Waals surface area contributed by atoms with Crippen molar-refractivity contribution in [3.63, 3.8) is 0 Å². The molecule has 0 saturated heterocycles. The van der Waals surface area contributed by atoms with Crippen LogP contribution in [0.5, 0.6) is 0 Å². The van der Waals surface area contributed by atoms with Crippen LogP contribution in [-0.2, 0) is 19.4 Å². The highest BCUT2D eigenvalue weighted by atomic mass is 32.1. The predicted molar refractivity (Wildman–Crippen MR) is 90.6 cm³/mol. The fourth-order valence-corrected chi connectivity index (χ4v) is 4.31. The molecule has 0 bridgehead atoms. The van der Waals surface area contributed by atoms with Crippen LogP contribution in [0.4, 0.5) is 0 Å². The van der Waals surface area contributed by atoms with Crippen LogP contribution in [0.15, 0.2) is 41.8 Å². The third kappa shape index (κ3) is 2.78. The maximum absolute atomic E-state index is 6.28. The molecule has 0 aliphatic heterocycles. The normalized spacial score (nSPS) is 16.6. The van der Waals surface area contributed by atoms with Crippen molar-refractivity contribution in [1.29, 1.82) is 0 Å². The molecule has 0 radical (unpaired) electrons. The molecule has 1 aliphatic rings. The smallest absolute Gasteiger partial charge is 0.0418 e. The zero-order valence-electron chi connectivity index (χ0n) is 12.9. The van der Waals surface area contributed by atoms with Gasteiger partial charge >= 0.3 is 0 Å². The number of thiophene rings is 1. The quantitative estimate of drug-likeness (QED) is 0.916. The Kier molecular flexibility index (Phi) is 4.16. The van der Waals surface area contributed by atoms with Gasteiger partial charge in [0.2, 0.25) is 0 Å². The Labute approximate surface area is 131 Å². The zero-order chi connectivity index (χ0) is 14.9. The molecule has 3 rings (SSSR count). The van der Waals surface area contributed by atoms with Gasteiger partial charge in [0.25, 0.3) is 0 Å². The number of nitrogens with zero attached hydrogens (tertiary/aromatic N) is 1. The molecule has 1 aliphatic carbocycles. The topological polar surface area (TPSA) is 29.3 Å². The van der Waals surface area contributed by atoms with Crippen molar-refractivity contribution in [2.45, 2.75) is 44.8 Å². The molecule has 1 aromatic carbocycles. The summed E-state index contributed by atoms with van der Waals surface area (Å²) >= 11 is 1.84. The minimum absolute atomic E-state index is 0.0713. The van der Waals surface area contributed by atoms with Crippen LogP contribution in [0, 0.1) is 0 Å². The summed E-state index contributed by atoms with van der Waals surface area (Å²) in [5, 5.41) is 2.16. The van der Waals surface area contributed by atoms with Crippen LogP contribution in [0.3, 0.4) is 0 Å². The summed E-state index contributed by atoms with van der Waals surface area (Å²) in [6, 6.07) is 13.7. The van der Waals surface area contributed by atoms with Gasteiger partial charge in [0.1, 0.15) is 0 Å². The fraction of sp³-hybridized carbons (Fsp3) is 0.444. The van der Waals surface area contributed by atoms with Gasteiger partial charge in [-0.2, -0.15) is 0 Å². The molecule has 2 aromatic rings. The Balaban J connectivity index is 1.90. The van der Waals surface area contributed by atoms with E-state index in [1.165, 1.54) is 16.0 Å². The van der Waals surface area contributed by atoms with Crippen LogP contribution in [0.1, 0.15) is 29.9 Å². The van der Waals surface area contributed by atoms with Crippen molar-refractivity contribution in [3.8, 4) is 0 Å². The van der Waals surface area contributed by atoms with Gasteiger partial charge in [-0.15, -0.1) is 11.3 Å². The molecule has 2 nitrogen and oxygen atoms in total. The summed E-state index contributed by atoms with van der Waals surface area (Å²) < 4.78 is 0. The van der Waals surface area contributed by atoms with Gasteiger partial charge in [-0.1, -0.05) is 30.3 Å². The maximum atomic E-state index is 6.28. The second-order valence-electron chi connectivity index (χ2n) is 6.35. The second kappa shape index (κ2) is 5.91. The summed E-state index contributed by atoms with van der Waals surface area (Å²) in [6.45, 7) is 6.29. The van der Waals surface area contributed by atoms with E-state index in [0.717, 1.165) is 19.4 Å². The van der Waals surface area contributed by atoms with Crippen LogP contribution >= 0.6 is 11.3 Å². The van der Waals surface area contributed by atoms with Gasteiger partial charge in [0, 0.05) is 29.5 Å². The van der Waals surface area contributed by atoms with E-state index >= 15 is 0 Å². The van der Waals surface area contributed by atoms with Crippen molar-refractivity contribution in [1.82, 2.24) is 4.90 Å². The molecule has 1 aromatic heterocycles. The number of benzene rings is 1. The van der Waals surface area contributed by atoms with Crippen molar-refractivity contribution in [2.24, 2.45) is 5.73 Å². The maximum Gasteiger partial charge on any atom is 0.0418 e. The lowest BCUT2D eigenvalue weighted by Gasteiger charge is -2.43. The summed E-state index contributed by atoms with van der Waals surface area (Å²) in [4.78, 5) is 4.03. The Bertz CT molecular complexity index is 564. The van der Waals surface area contributed by atoms with E-state index in [4.69, 9.17) is 5.73 Å². The second-order valence-corrected chi connectivity index (χ2v) is 7.38. The number of fused-ring (bicyclic) bond motifs is 1. The van der Waals surface area contributed by atoms with Crippen LogP contribution in [-0.4, -0.2) is 23.0 Å². The molecule has 21 heavy (non-hydrogen) atoms. The van der Waals surface area contributed by atoms with E-state index in [1.54, 1.807) is 0 Å². The third-order valence-electron chi connectivity index (χ3n) is 4.68. The summed E-state index contributed by atoms with van der Waals surface area (Å²) in [5.41, 5.74) is 9.29. The SMILES string of the molecule is CC(C)N(Cc1cccs1)C1(CN)Cc2ccccc2C1. The zero-order valence-corrected chi connectivity index (χ0v) is 13.7. The van der Waals surface area contributed by atoms with Gasteiger partial charge in [-0.3, -0.25) is 4.90 Å². The molecule has 2 N–H and O–H groups in total. The standard InChI is InChI=1S/C18H24N2S/c1-14(2)20(12-17-8-5-9-21-17)18(13-19)10-15-6-3-4-7-16(15)11-18/h3-9,14H,10-13,19H2,1-2H3. The average Bonchev–Trinajstić information content (AvgIpc) is 3.11. The summed E-state index contributed by atoms with van der Waals surface area (Å²) in [5.74, 6) is 0. The average molecular weight is 300 g/mol. The molecule has 112 valence electrons. The number of hydrogen-bond acceptors (Lipinski definition) is 3. The first-order chi connectivity index (χ1) is 10.1. The van der Waals surface area contributed by atoms with E-state index < -0.39 is 0 Å². The Hall–Kier alpha value is -1.16. The molecule has 0 unspecified atom stereocenters. The van der Waals surface area contributed by atoms with Gasteiger partial charge in [0.05, 0.1) is 0 Å². The predicted octanol–water partition coefficient (Wildman–Crippen LogP) is 3.45. The Morgan fingerprint density at radius 3 is 2.29 bits per heavy atom. The monoisotopic (exact) mass is 300 g/mol. The van der Waals surface area contributed by atoms with Crippen LogP contribution in [0.2, 0.25) is 0 Å². The number of rotatable bonds is 5. The minimum Gasteiger partial charge on any atom is -0.329 e. The lowest BCUT2D eigenvalue weighted by Crippen LogP contribution is -2.56. The number of hydrogen-bond donors (Lipinski definition) is 1. The largest absolute Gasteiger partial charge is 0.329 e. The molecule has 0 atom stereocenters. The van der Waals surface area contributed by atoms with Crippen molar-refractivity contribution in [2.75, 3.05) is 6.54 Å². The minimum atomic E-state index is 0.0713. The molecule has 0 spiro atoms. The van der Waals surface area contributed by atoms with Crippen molar-refractivity contribution in [3.05, 3.63) is 57.8 Å². The van der Waals surface area contributed by atoms with Gasteiger partial charge in [-0.05, 0) is 49.3 Å². The van der Waals surface area contributed by atoms with Crippen LogP contribution in [0.25, 0.3) is 0 Å². The van der Waals surface area contributed by atoms with Crippen LogP contribution < -0.4 is 5.73 Å². The Morgan fingerprint density at radius 2 is 1.81 bits per heavy atom. The van der Waals surface area contributed by atoms with Gasteiger partial charge in [-0.25, -0.2) is 0 Å². The first-order valence-electron chi connectivity index (χ1n) is 7.70. The highest BCUT2D eigenvalue weighted by Crippen LogP contribution is 2.36. The summed E-state index contributed by atoms with van der Waals surface area (Å²) in [6.07, 6.45) is 2.15. The molecule has 3 heteroatoms. The first kappa shape index (κ1) is 14.8. The molecule has 0 saturated carbocycles. The highest BCUT2D eigenvalue weighted by Gasteiger charge is 2.42. The van der Waals surface area contributed by atoms with E-state index in [2.05, 4.69) is 60.5 Å². The van der Waals surface area contributed by atoms with E-state index in [9.17, 15) is 0 Å².